The van der Waals surface area contributed by atoms with E-state index in [1.54, 1.807) is 23.7 Å². The molecule has 1 N–H and O–H groups in total. The molecule has 0 aliphatic carbocycles. The lowest BCUT2D eigenvalue weighted by Crippen LogP contribution is -2.30. The summed E-state index contributed by atoms with van der Waals surface area (Å²) in [4.78, 5) is 12.4. The number of aromatic nitrogens is 1. The predicted molar refractivity (Wildman–Crippen MR) is 83.7 cm³/mol. The van der Waals surface area contributed by atoms with E-state index in [1.807, 2.05) is 12.1 Å². The van der Waals surface area contributed by atoms with Crippen LogP contribution in [0, 0.1) is 5.82 Å². The molecule has 1 unspecified atom stereocenters. The highest BCUT2D eigenvalue weighted by Crippen LogP contribution is 2.18. The molecule has 4 heteroatoms. The molecule has 0 bridgehead atoms. The van der Waals surface area contributed by atoms with Gasteiger partial charge in [0, 0.05) is 25.2 Å². The third-order valence-electron chi connectivity index (χ3n) is 3.78. The third kappa shape index (κ3) is 3.58. The molecule has 1 heterocycles. The van der Waals surface area contributed by atoms with Crippen molar-refractivity contribution in [2.75, 3.05) is 0 Å². The van der Waals surface area contributed by atoms with Crippen LogP contribution in [0.4, 0.5) is 4.39 Å². The molecule has 0 aliphatic heterocycles. The van der Waals surface area contributed by atoms with Crippen LogP contribution in [0.3, 0.4) is 0 Å². The van der Waals surface area contributed by atoms with Gasteiger partial charge in [-0.15, -0.1) is 0 Å². The molecule has 112 valence electrons. The predicted octanol–water partition coefficient (Wildman–Crippen LogP) is 3.08. The molecule has 0 amide bonds. The Morgan fingerprint density at radius 3 is 2.48 bits per heavy atom. The molecule has 2 rings (SSSR count). The van der Waals surface area contributed by atoms with Crippen molar-refractivity contribution in [2.24, 2.45) is 7.05 Å². The second-order valence-electron chi connectivity index (χ2n) is 5.31. The fourth-order valence-corrected chi connectivity index (χ4v) is 2.16. The number of rotatable bonds is 5. The first kappa shape index (κ1) is 15.4. The number of nitrogens with one attached hydrogen (secondary N) is 1. The molecule has 3 nitrogen and oxygen atoms in total. The molecule has 0 radical (unpaired) electrons. The van der Waals surface area contributed by atoms with Crippen molar-refractivity contribution in [3.63, 3.8) is 0 Å². The van der Waals surface area contributed by atoms with Crippen LogP contribution in [0.15, 0.2) is 41.2 Å². The number of hydrogen-bond donors (Lipinski definition) is 1. The van der Waals surface area contributed by atoms with Crippen LogP contribution in [0.2, 0.25) is 0 Å². The van der Waals surface area contributed by atoms with Crippen LogP contribution >= 0.6 is 0 Å². The van der Waals surface area contributed by atoms with Crippen molar-refractivity contribution in [3.8, 4) is 11.3 Å². The standard InChI is InChI=1S/C17H21FN2O/c1-4-12(2)19-11-14-7-10-16(20(3)17(14)21)13-5-8-15(18)9-6-13/h5-10,12,19H,4,11H2,1-3H3. The van der Waals surface area contributed by atoms with E-state index in [9.17, 15) is 9.18 Å². The number of hydrogen-bond acceptors (Lipinski definition) is 2. The van der Waals surface area contributed by atoms with Crippen molar-refractivity contribution in [1.82, 2.24) is 9.88 Å². The van der Waals surface area contributed by atoms with Gasteiger partial charge in [-0.1, -0.05) is 13.0 Å². The maximum Gasteiger partial charge on any atom is 0.255 e. The van der Waals surface area contributed by atoms with Gasteiger partial charge in [0.15, 0.2) is 0 Å². The molecule has 1 aromatic heterocycles. The molecule has 1 atom stereocenters. The Morgan fingerprint density at radius 1 is 1.19 bits per heavy atom. The molecule has 0 saturated heterocycles. The lowest BCUT2D eigenvalue weighted by atomic mass is 10.1. The minimum Gasteiger partial charge on any atom is -0.311 e. The van der Waals surface area contributed by atoms with E-state index in [0.717, 1.165) is 23.2 Å². The summed E-state index contributed by atoms with van der Waals surface area (Å²) in [7, 11) is 1.74. The Bertz CT molecular complexity index is 661. The Kier molecular flexibility index (Phi) is 4.91. The van der Waals surface area contributed by atoms with E-state index in [1.165, 1.54) is 12.1 Å². The minimum absolute atomic E-state index is 0.0207. The number of pyridine rings is 1. The quantitative estimate of drug-likeness (QED) is 0.917. The summed E-state index contributed by atoms with van der Waals surface area (Å²) in [5.74, 6) is -0.280. The van der Waals surface area contributed by atoms with Gasteiger partial charge in [-0.25, -0.2) is 4.39 Å². The van der Waals surface area contributed by atoms with E-state index < -0.39 is 0 Å². The van der Waals surface area contributed by atoms with E-state index >= 15 is 0 Å². The molecule has 0 saturated carbocycles. The van der Waals surface area contributed by atoms with E-state index in [4.69, 9.17) is 0 Å². The second-order valence-corrected chi connectivity index (χ2v) is 5.31. The summed E-state index contributed by atoms with van der Waals surface area (Å²) in [5.41, 5.74) is 2.33. The highest BCUT2D eigenvalue weighted by atomic mass is 19.1. The van der Waals surface area contributed by atoms with Gasteiger partial charge in [0.1, 0.15) is 5.82 Å². The normalized spacial score (nSPS) is 12.4. The van der Waals surface area contributed by atoms with Gasteiger partial charge in [-0.2, -0.15) is 0 Å². The van der Waals surface area contributed by atoms with Gasteiger partial charge in [0.05, 0.1) is 5.69 Å². The van der Waals surface area contributed by atoms with Gasteiger partial charge in [-0.3, -0.25) is 4.79 Å². The van der Waals surface area contributed by atoms with Crippen LogP contribution in [0.1, 0.15) is 25.8 Å². The first-order chi connectivity index (χ1) is 10.0. The summed E-state index contributed by atoms with van der Waals surface area (Å²) in [6, 6.07) is 10.3. The largest absolute Gasteiger partial charge is 0.311 e. The summed E-state index contributed by atoms with van der Waals surface area (Å²) >= 11 is 0. The molecular formula is C17H21FN2O. The molecular weight excluding hydrogens is 267 g/mol. The van der Waals surface area contributed by atoms with Gasteiger partial charge >= 0.3 is 0 Å². The zero-order valence-corrected chi connectivity index (χ0v) is 12.7. The summed E-state index contributed by atoms with van der Waals surface area (Å²) in [6.45, 7) is 4.76. The van der Waals surface area contributed by atoms with Crippen molar-refractivity contribution in [2.45, 2.75) is 32.9 Å². The molecule has 0 aliphatic rings. The first-order valence-electron chi connectivity index (χ1n) is 7.21. The zero-order chi connectivity index (χ0) is 15.4. The monoisotopic (exact) mass is 288 g/mol. The summed E-state index contributed by atoms with van der Waals surface area (Å²) < 4.78 is 14.6. The van der Waals surface area contributed by atoms with Crippen molar-refractivity contribution < 1.29 is 4.39 Å². The fourth-order valence-electron chi connectivity index (χ4n) is 2.16. The summed E-state index contributed by atoms with van der Waals surface area (Å²) in [6.07, 6.45) is 1.02. The third-order valence-corrected chi connectivity index (χ3v) is 3.78. The Labute approximate surface area is 124 Å². The van der Waals surface area contributed by atoms with Gasteiger partial charge in [0.25, 0.3) is 5.56 Å². The van der Waals surface area contributed by atoms with Gasteiger partial charge < -0.3 is 9.88 Å². The van der Waals surface area contributed by atoms with E-state index in [-0.39, 0.29) is 11.4 Å². The smallest absolute Gasteiger partial charge is 0.255 e. The van der Waals surface area contributed by atoms with E-state index in [0.29, 0.717) is 12.6 Å². The highest BCUT2D eigenvalue weighted by molar-refractivity contribution is 5.59. The maximum absolute atomic E-state index is 13.0. The average Bonchev–Trinajstić information content (AvgIpc) is 2.49. The topological polar surface area (TPSA) is 34.0 Å². The van der Waals surface area contributed by atoms with Gasteiger partial charge in [0.2, 0.25) is 0 Å². The van der Waals surface area contributed by atoms with Crippen LogP contribution in [0.25, 0.3) is 11.3 Å². The molecule has 0 spiro atoms. The molecule has 21 heavy (non-hydrogen) atoms. The lowest BCUT2D eigenvalue weighted by molar-refractivity contribution is 0.531. The maximum atomic E-state index is 13.0. The SMILES string of the molecule is CCC(C)NCc1ccc(-c2ccc(F)cc2)n(C)c1=O. The number of halogens is 1. The van der Waals surface area contributed by atoms with E-state index in [2.05, 4.69) is 19.2 Å². The highest BCUT2D eigenvalue weighted by Gasteiger charge is 2.08. The van der Waals surface area contributed by atoms with Crippen molar-refractivity contribution in [1.29, 1.82) is 0 Å². The number of nitrogens with zero attached hydrogens (tertiary/aromatic N) is 1. The molecule has 0 fully saturated rings. The number of benzene rings is 1. The van der Waals surface area contributed by atoms with Crippen LogP contribution < -0.4 is 10.9 Å². The van der Waals surface area contributed by atoms with Crippen LogP contribution in [0.5, 0.6) is 0 Å². The summed E-state index contributed by atoms with van der Waals surface area (Å²) in [5, 5.41) is 3.32. The zero-order valence-electron chi connectivity index (χ0n) is 12.7. The van der Waals surface area contributed by atoms with Crippen molar-refractivity contribution >= 4 is 0 Å². The fraction of sp³-hybridized carbons (Fsp3) is 0.353. The van der Waals surface area contributed by atoms with Crippen LogP contribution in [-0.2, 0) is 13.6 Å². The Balaban J connectivity index is 2.29. The lowest BCUT2D eigenvalue weighted by Gasteiger charge is -2.13. The average molecular weight is 288 g/mol. The Morgan fingerprint density at radius 2 is 1.86 bits per heavy atom. The van der Waals surface area contributed by atoms with Crippen LogP contribution in [-0.4, -0.2) is 10.6 Å². The minimum atomic E-state index is -0.280. The molecule has 1 aromatic carbocycles. The van der Waals surface area contributed by atoms with Crippen molar-refractivity contribution in [3.05, 3.63) is 58.1 Å². The second kappa shape index (κ2) is 6.68. The van der Waals surface area contributed by atoms with Gasteiger partial charge in [-0.05, 0) is 49.2 Å². The first-order valence-corrected chi connectivity index (χ1v) is 7.21. The Hall–Kier alpha value is -1.94. The molecule has 2 aromatic rings.